The normalized spacial score (nSPS) is 17.6. The van der Waals surface area contributed by atoms with Crippen LogP contribution < -0.4 is 0 Å². The minimum Gasteiger partial charge on any atom is -0.419 e. The molecule has 0 bridgehead atoms. The second kappa shape index (κ2) is 7.01. The van der Waals surface area contributed by atoms with Gasteiger partial charge in [0.15, 0.2) is 0 Å². The van der Waals surface area contributed by atoms with E-state index in [0.29, 0.717) is 0 Å². The van der Waals surface area contributed by atoms with E-state index < -0.39 is 64.2 Å². The van der Waals surface area contributed by atoms with E-state index in [4.69, 9.17) is 0 Å². The molecule has 0 aromatic rings. The highest BCUT2D eigenvalue weighted by Crippen LogP contribution is 2.64. The number of halogens is 17. The summed E-state index contributed by atoms with van der Waals surface area (Å²) >= 11 is 0. The Hall–Kier alpha value is -1.01. The Kier molecular flexibility index (Phi) is 6.77. The van der Waals surface area contributed by atoms with Crippen LogP contribution in [0.2, 0.25) is 0 Å². The van der Waals surface area contributed by atoms with Gasteiger partial charge in [0.1, 0.15) is 16.6 Å². The first-order valence-electron chi connectivity index (χ1n) is 6.47. The maximum Gasteiger partial charge on any atom is 0.460 e. The van der Waals surface area contributed by atoms with Gasteiger partial charge in [0, 0.05) is 0 Å². The van der Waals surface area contributed by atoms with Crippen LogP contribution in [0.1, 0.15) is 6.92 Å². The quantitative estimate of drug-likeness (QED) is 0.352. The lowest BCUT2D eigenvalue weighted by atomic mass is 9.88. The van der Waals surface area contributed by atoms with Crippen molar-refractivity contribution >= 4 is 10.5 Å². The first-order chi connectivity index (χ1) is 12.2. The Morgan fingerprint density at radius 3 is 0.966 bits per heavy atom. The van der Waals surface area contributed by atoms with Gasteiger partial charge in [0.05, 0.1) is 0 Å². The van der Waals surface area contributed by atoms with Crippen LogP contribution in [0.15, 0.2) is 0 Å². The van der Waals surface area contributed by atoms with Crippen molar-refractivity contribution in [1.82, 2.24) is 0 Å². The highest BCUT2D eigenvalue weighted by Gasteiger charge is 2.95. The summed E-state index contributed by atoms with van der Waals surface area (Å²) in [6.07, 6.45) is -11.2. The van der Waals surface area contributed by atoms with Gasteiger partial charge in [0.2, 0.25) is 0 Å². The molecule has 0 aliphatic rings. The molecule has 1 nitrogen and oxygen atoms in total. The van der Waals surface area contributed by atoms with Crippen molar-refractivity contribution in [1.29, 1.82) is 0 Å². The Morgan fingerprint density at radius 2 is 0.724 bits per heavy atom. The Labute approximate surface area is 151 Å². The van der Waals surface area contributed by atoms with Gasteiger partial charge < -0.3 is 4.43 Å². The van der Waals surface area contributed by atoms with Gasteiger partial charge >= 0.3 is 47.6 Å². The van der Waals surface area contributed by atoms with Gasteiger partial charge in [-0.1, -0.05) is 0 Å². The van der Waals surface area contributed by atoms with E-state index in [1.54, 1.807) is 0 Å². The van der Waals surface area contributed by atoms with Crippen LogP contribution in [0.3, 0.4) is 0 Å². The molecule has 0 spiro atoms. The second-order valence-electron chi connectivity index (χ2n) is 5.45. The van der Waals surface area contributed by atoms with Gasteiger partial charge in [-0.2, -0.15) is 74.6 Å². The van der Waals surface area contributed by atoms with Crippen molar-refractivity contribution in [2.24, 2.45) is 0 Å². The fourth-order valence-electron chi connectivity index (χ4n) is 1.58. The summed E-state index contributed by atoms with van der Waals surface area (Å²) in [7, 11) is -0.953. The number of alkyl halides is 17. The molecule has 19 heteroatoms. The molecular formula is C10H7F17OSi. The van der Waals surface area contributed by atoms with Gasteiger partial charge in [0.25, 0.3) is 0 Å². The summed E-state index contributed by atoms with van der Waals surface area (Å²) < 4.78 is 223. The lowest BCUT2D eigenvalue weighted by molar-refractivity contribution is -0.463. The van der Waals surface area contributed by atoms with E-state index in [1.807, 2.05) is 0 Å². The van der Waals surface area contributed by atoms with Crippen molar-refractivity contribution in [3.05, 3.63) is 0 Å². The van der Waals surface area contributed by atoms with Crippen LogP contribution in [0.5, 0.6) is 0 Å². The van der Waals surface area contributed by atoms with Crippen LogP contribution >= 0.6 is 0 Å². The second-order valence-corrected chi connectivity index (χ2v) is 5.92. The molecular weight excluding hydrogens is 487 g/mol. The minimum atomic E-state index is -8.60. The molecule has 29 heavy (non-hydrogen) atoms. The zero-order valence-corrected chi connectivity index (χ0v) is 15.4. The highest BCUT2D eigenvalue weighted by atomic mass is 28.2. The summed E-state index contributed by atoms with van der Waals surface area (Å²) in [6.45, 7) is -0.153. The molecule has 1 unspecified atom stereocenters. The summed E-state index contributed by atoms with van der Waals surface area (Å²) in [4.78, 5) is 0. The average Bonchev–Trinajstić information content (AvgIpc) is 2.51. The van der Waals surface area contributed by atoms with Crippen LogP contribution in [0, 0.1) is 0 Å². The molecule has 0 radical (unpaired) electrons. The molecule has 0 amide bonds. The monoisotopic (exact) mass is 494 g/mol. The summed E-state index contributed by atoms with van der Waals surface area (Å²) in [6, 6.07) is 0. The van der Waals surface area contributed by atoms with Gasteiger partial charge in [-0.05, 0) is 6.92 Å². The van der Waals surface area contributed by atoms with E-state index in [-0.39, 0.29) is 6.92 Å². The fourth-order valence-corrected chi connectivity index (χ4v) is 1.88. The standard InChI is InChI=1S/C10H7F17OSi/c1-2(28-29)3(11,12)4(13,14)5(15,16)6(17,18)7(19,20)8(21,22)9(23,24)10(25,26)27/h2H,1,29H3. The predicted octanol–water partition coefficient (Wildman–Crippen LogP) is 4.68. The van der Waals surface area contributed by atoms with Gasteiger partial charge in [-0.15, -0.1) is 0 Å². The molecule has 0 aliphatic carbocycles. The largest absolute Gasteiger partial charge is 0.460 e. The third-order valence-corrected chi connectivity index (χ3v) is 4.32. The molecule has 0 heterocycles. The van der Waals surface area contributed by atoms with E-state index in [1.165, 1.54) is 0 Å². The van der Waals surface area contributed by atoms with E-state index in [0.717, 1.165) is 0 Å². The fraction of sp³-hybridized carbons (Fsp3) is 1.00. The molecule has 0 aliphatic heterocycles. The third-order valence-electron chi connectivity index (χ3n) is 3.61. The molecule has 0 aromatic heterocycles. The Balaban J connectivity index is 6.73. The Bertz CT molecular complexity index is 594. The van der Waals surface area contributed by atoms with E-state index in [9.17, 15) is 74.6 Å². The zero-order valence-electron chi connectivity index (χ0n) is 13.4. The number of hydrogen-bond acceptors (Lipinski definition) is 1. The summed E-state index contributed by atoms with van der Waals surface area (Å²) in [5.41, 5.74) is 0. The molecule has 0 fully saturated rings. The van der Waals surface area contributed by atoms with Crippen molar-refractivity contribution in [3.63, 3.8) is 0 Å². The average molecular weight is 494 g/mol. The summed E-state index contributed by atoms with van der Waals surface area (Å²) in [5, 5.41) is 0. The minimum absolute atomic E-state index is 0.153. The van der Waals surface area contributed by atoms with Crippen molar-refractivity contribution < 1.29 is 79.1 Å². The van der Waals surface area contributed by atoms with Crippen LogP contribution in [0.4, 0.5) is 74.6 Å². The van der Waals surface area contributed by atoms with Crippen molar-refractivity contribution in [2.45, 2.75) is 60.7 Å². The van der Waals surface area contributed by atoms with Crippen molar-refractivity contribution in [2.75, 3.05) is 0 Å². The van der Waals surface area contributed by atoms with E-state index in [2.05, 4.69) is 4.43 Å². The molecule has 0 saturated carbocycles. The van der Waals surface area contributed by atoms with Crippen LogP contribution in [-0.2, 0) is 4.43 Å². The third kappa shape index (κ3) is 3.44. The molecule has 0 rings (SSSR count). The SMILES string of the molecule is CC(O[SiH3])C(F)(F)C(F)(F)C(F)(F)C(F)(F)C(F)(F)C(F)(F)C(F)(F)C(F)(F)F. The van der Waals surface area contributed by atoms with Crippen LogP contribution in [-0.4, -0.2) is 64.2 Å². The maximum atomic E-state index is 13.3. The topological polar surface area (TPSA) is 9.23 Å². The van der Waals surface area contributed by atoms with E-state index >= 15 is 0 Å². The molecule has 0 N–H and O–H groups in total. The van der Waals surface area contributed by atoms with Crippen molar-refractivity contribution in [3.8, 4) is 0 Å². The maximum absolute atomic E-state index is 13.3. The van der Waals surface area contributed by atoms with Gasteiger partial charge in [-0.3, -0.25) is 0 Å². The summed E-state index contributed by atoms with van der Waals surface area (Å²) in [5.74, 6) is -56.2. The first kappa shape index (κ1) is 28.0. The molecule has 176 valence electrons. The molecule has 0 saturated heterocycles. The lowest BCUT2D eigenvalue weighted by Gasteiger charge is -2.43. The Morgan fingerprint density at radius 1 is 0.483 bits per heavy atom. The zero-order chi connectivity index (χ0) is 24.3. The highest BCUT2D eigenvalue weighted by molar-refractivity contribution is 5.98. The van der Waals surface area contributed by atoms with Gasteiger partial charge in [-0.25, -0.2) is 0 Å². The first-order valence-corrected chi connectivity index (χ1v) is 7.29. The number of hydrogen-bond donors (Lipinski definition) is 0. The molecule has 0 aromatic carbocycles. The smallest absolute Gasteiger partial charge is 0.419 e. The molecule has 1 atom stereocenters. The number of rotatable bonds is 8. The lowest BCUT2D eigenvalue weighted by Crippen LogP contribution is -2.75. The predicted molar refractivity (Wildman–Crippen MR) is 61.2 cm³/mol. The van der Waals surface area contributed by atoms with Crippen LogP contribution in [0.25, 0.3) is 0 Å².